The molecule has 0 saturated carbocycles. The number of rotatable bonds is 4. The van der Waals surface area contributed by atoms with Crippen molar-refractivity contribution < 1.29 is 9.31 Å². The van der Waals surface area contributed by atoms with Gasteiger partial charge >= 0.3 is 0 Å². The number of thiophene rings is 1. The molecule has 19 heavy (non-hydrogen) atoms. The van der Waals surface area contributed by atoms with Crippen LogP contribution in [0.3, 0.4) is 0 Å². The van der Waals surface area contributed by atoms with Gasteiger partial charge in [0, 0.05) is 17.0 Å². The summed E-state index contributed by atoms with van der Waals surface area (Å²) in [4.78, 5) is 11.5. The summed E-state index contributed by atoms with van der Waals surface area (Å²) >= 11 is 4.48. The molecule has 1 heterocycles. The van der Waals surface area contributed by atoms with E-state index < -0.39 is 10.7 Å². The lowest BCUT2D eigenvalue weighted by Gasteiger charge is -2.14. The van der Waals surface area contributed by atoms with Gasteiger partial charge in [-0.3, -0.25) is 10.1 Å². The van der Waals surface area contributed by atoms with Gasteiger partial charge in [0.25, 0.3) is 5.69 Å². The highest BCUT2D eigenvalue weighted by atomic mass is 79.9. The highest BCUT2D eigenvalue weighted by Gasteiger charge is 2.19. The summed E-state index contributed by atoms with van der Waals surface area (Å²) in [5, 5.41) is 15.9. The van der Waals surface area contributed by atoms with Crippen LogP contribution in [-0.4, -0.2) is 4.92 Å². The largest absolute Gasteiger partial charge is 0.372 e. The first-order chi connectivity index (χ1) is 8.99. The summed E-state index contributed by atoms with van der Waals surface area (Å²) < 4.78 is 13.6. The summed E-state index contributed by atoms with van der Waals surface area (Å²) in [6.07, 6.45) is 0. The molecule has 2 aromatic rings. The Labute approximate surface area is 121 Å². The molecule has 1 atom stereocenters. The fourth-order valence-corrected chi connectivity index (χ4v) is 2.71. The maximum absolute atomic E-state index is 13.5. The molecular weight excluding hydrogens is 335 g/mol. The monoisotopic (exact) mass is 344 g/mol. The normalized spacial score (nSPS) is 12.2. The molecule has 0 spiro atoms. The van der Waals surface area contributed by atoms with Gasteiger partial charge in [0.2, 0.25) is 0 Å². The molecule has 1 unspecified atom stereocenters. The molecule has 0 bridgehead atoms. The topological polar surface area (TPSA) is 55.2 Å². The van der Waals surface area contributed by atoms with Gasteiger partial charge in [0.15, 0.2) is 0 Å². The van der Waals surface area contributed by atoms with Gasteiger partial charge in [-0.1, -0.05) is 6.07 Å². The van der Waals surface area contributed by atoms with E-state index in [4.69, 9.17) is 0 Å². The number of nitrogens with one attached hydrogen (secondary N) is 1. The third-order valence-electron chi connectivity index (χ3n) is 2.58. The van der Waals surface area contributed by atoms with Crippen molar-refractivity contribution in [3.63, 3.8) is 0 Å². The second kappa shape index (κ2) is 5.66. The Balaban J connectivity index is 2.33. The third kappa shape index (κ3) is 3.10. The Morgan fingerprint density at radius 1 is 1.53 bits per heavy atom. The summed E-state index contributed by atoms with van der Waals surface area (Å²) in [6, 6.07) is 5.99. The van der Waals surface area contributed by atoms with Crippen LogP contribution in [0.5, 0.6) is 0 Å². The molecule has 0 radical (unpaired) electrons. The highest BCUT2D eigenvalue weighted by molar-refractivity contribution is 9.10. The molecule has 2 rings (SSSR count). The van der Waals surface area contributed by atoms with Crippen molar-refractivity contribution in [1.82, 2.24) is 0 Å². The first kappa shape index (κ1) is 14.0. The minimum absolute atomic E-state index is 0.0773. The number of anilines is 1. The molecule has 0 amide bonds. The summed E-state index contributed by atoms with van der Waals surface area (Å²) in [5.41, 5.74) is 0.0169. The van der Waals surface area contributed by atoms with Gasteiger partial charge in [0.05, 0.1) is 15.4 Å². The van der Waals surface area contributed by atoms with Crippen LogP contribution in [-0.2, 0) is 0 Å². The Hall–Kier alpha value is -1.47. The average Bonchev–Trinajstić information content (AvgIpc) is 2.86. The molecule has 0 fully saturated rings. The van der Waals surface area contributed by atoms with Gasteiger partial charge in [-0.2, -0.15) is 0 Å². The highest BCUT2D eigenvalue weighted by Crippen LogP contribution is 2.33. The molecule has 1 aromatic carbocycles. The van der Waals surface area contributed by atoms with E-state index in [1.807, 2.05) is 24.4 Å². The van der Waals surface area contributed by atoms with Crippen LogP contribution in [0.4, 0.5) is 15.8 Å². The Morgan fingerprint density at radius 3 is 2.84 bits per heavy atom. The van der Waals surface area contributed by atoms with E-state index in [9.17, 15) is 14.5 Å². The number of nitro benzene ring substituents is 1. The molecular formula is C12H10BrFN2O2S. The number of halogens is 2. The van der Waals surface area contributed by atoms with Crippen molar-refractivity contribution in [1.29, 1.82) is 0 Å². The maximum Gasteiger partial charge on any atom is 0.293 e. The molecule has 1 N–H and O–H groups in total. The number of nitro groups is 1. The van der Waals surface area contributed by atoms with Crippen LogP contribution in [0.25, 0.3) is 0 Å². The van der Waals surface area contributed by atoms with Gasteiger partial charge < -0.3 is 5.32 Å². The summed E-state index contributed by atoms with van der Waals surface area (Å²) in [6.45, 7) is 1.87. The van der Waals surface area contributed by atoms with Crippen molar-refractivity contribution in [2.75, 3.05) is 5.32 Å². The molecule has 0 aliphatic carbocycles. The van der Waals surface area contributed by atoms with Gasteiger partial charge in [-0.25, -0.2) is 4.39 Å². The van der Waals surface area contributed by atoms with E-state index in [0.717, 1.165) is 10.9 Å². The lowest BCUT2D eigenvalue weighted by molar-refractivity contribution is -0.384. The fourth-order valence-electron chi connectivity index (χ4n) is 1.65. The first-order valence-corrected chi connectivity index (χ1v) is 7.09. The maximum atomic E-state index is 13.5. The fraction of sp³-hybridized carbons (Fsp3) is 0.167. The Morgan fingerprint density at radius 2 is 2.26 bits per heavy atom. The zero-order valence-corrected chi connectivity index (χ0v) is 12.3. The number of hydrogen-bond donors (Lipinski definition) is 1. The second-order valence-corrected chi connectivity index (χ2v) is 5.76. The van der Waals surface area contributed by atoms with E-state index in [-0.39, 0.29) is 21.9 Å². The molecule has 1 aromatic heterocycles. The SMILES string of the molecule is CC(Nc1cc(F)c(Br)cc1[N+](=O)[O-])c1cccs1. The smallest absolute Gasteiger partial charge is 0.293 e. The lowest BCUT2D eigenvalue weighted by Crippen LogP contribution is -2.07. The van der Waals surface area contributed by atoms with Crippen LogP contribution in [0, 0.1) is 15.9 Å². The van der Waals surface area contributed by atoms with Crippen LogP contribution >= 0.6 is 27.3 Å². The van der Waals surface area contributed by atoms with Crippen molar-refractivity contribution >= 4 is 38.6 Å². The molecule has 0 aliphatic heterocycles. The molecule has 0 aliphatic rings. The summed E-state index contributed by atoms with van der Waals surface area (Å²) in [7, 11) is 0. The average molecular weight is 345 g/mol. The predicted molar refractivity (Wildman–Crippen MR) is 77.1 cm³/mol. The van der Waals surface area contributed by atoms with E-state index >= 15 is 0 Å². The van der Waals surface area contributed by atoms with Crippen molar-refractivity contribution in [2.45, 2.75) is 13.0 Å². The zero-order chi connectivity index (χ0) is 14.0. The van der Waals surface area contributed by atoms with E-state index in [1.165, 1.54) is 17.4 Å². The van der Waals surface area contributed by atoms with Gasteiger partial charge in [0.1, 0.15) is 11.5 Å². The number of nitrogens with zero attached hydrogens (tertiary/aromatic N) is 1. The standard InChI is InChI=1S/C12H10BrFN2O2S/c1-7(12-3-2-4-19-12)15-10-6-9(14)8(13)5-11(10)16(17)18/h2-7,15H,1H3. The zero-order valence-electron chi connectivity index (χ0n) is 9.89. The van der Waals surface area contributed by atoms with Crippen LogP contribution < -0.4 is 5.32 Å². The molecule has 100 valence electrons. The Kier molecular flexibility index (Phi) is 4.16. The minimum atomic E-state index is -0.536. The van der Waals surface area contributed by atoms with E-state index in [0.29, 0.717) is 0 Å². The molecule has 0 saturated heterocycles. The number of hydrogen-bond acceptors (Lipinski definition) is 4. The third-order valence-corrected chi connectivity index (χ3v) is 4.24. The summed E-state index contributed by atoms with van der Waals surface area (Å²) in [5.74, 6) is -0.536. The first-order valence-electron chi connectivity index (χ1n) is 5.42. The van der Waals surface area contributed by atoms with Crippen LogP contribution in [0.2, 0.25) is 0 Å². The van der Waals surface area contributed by atoms with E-state index in [1.54, 1.807) is 0 Å². The second-order valence-electron chi connectivity index (χ2n) is 3.92. The quantitative estimate of drug-likeness (QED) is 0.644. The van der Waals surface area contributed by atoms with Crippen molar-refractivity contribution in [3.05, 3.63) is 54.9 Å². The van der Waals surface area contributed by atoms with Crippen LogP contribution in [0.1, 0.15) is 17.8 Å². The molecule has 4 nitrogen and oxygen atoms in total. The van der Waals surface area contributed by atoms with Gasteiger partial charge in [-0.05, 0) is 34.3 Å². The minimum Gasteiger partial charge on any atom is -0.372 e. The van der Waals surface area contributed by atoms with Crippen LogP contribution in [0.15, 0.2) is 34.1 Å². The molecule has 7 heteroatoms. The van der Waals surface area contributed by atoms with Crippen molar-refractivity contribution in [3.8, 4) is 0 Å². The van der Waals surface area contributed by atoms with Crippen molar-refractivity contribution in [2.24, 2.45) is 0 Å². The Bertz CT molecular complexity index is 604. The number of benzene rings is 1. The van der Waals surface area contributed by atoms with Gasteiger partial charge in [-0.15, -0.1) is 11.3 Å². The lowest BCUT2D eigenvalue weighted by atomic mass is 10.2. The van der Waals surface area contributed by atoms with E-state index in [2.05, 4.69) is 21.2 Å². The predicted octanol–water partition coefficient (Wildman–Crippen LogP) is 4.73.